The Balaban J connectivity index is 2.17. The Bertz CT molecular complexity index is 587. The van der Waals surface area contributed by atoms with Gasteiger partial charge in [0.05, 0.1) is 0 Å². The predicted molar refractivity (Wildman–Crippen MR) is 79.0 cm³/mol. The van der Waals surface area contributed by atoms with Gasteiger partial charge in [0.1, 0.15) is 5.75 Å². The van der Waals surface area contributed by atoms with E-state index in [1.807, 2.05) is 18.2 Å². The minimum atomic E-state index is -0.968. The highest BCUT2D eigenvalue weighted by Gasteiger charge is 2.12. The summed E-state index contributed by atoms with van der Waals surface area (Å²) >= 11 is 0. The lowest BCUT2D eigenvalue weighted by Gasteiger charge is -2.11. The van der Waals surface area contributed by atoms with Gasteiger partial charge in [0, 0.05) is 0 Å². The van der Waals surface area contributed by atoms with E-state index in [2.05, 4.69) is 25.1 Å². The SMILES string of the molecule is CCc1cccc(-c2ccc(O[C@@H](C)C(=O)O)cc2)c1. The molecule has 0 saturated carbocycles. The molecule has 2 aromatic rings. The van der Waals surface area contributed by atoms with Crippen molar-refractivity contribution in [3.8, 4) is 16.9 Å². The molecule has 0 unspecified atom stereocenters. The maximum Gasteiger partial charge on any atom is 0.344 e. The van der Waals surface area contributed by atoms with Gasteiger partial charge in [-0.25, -0.2) is 4.79 Å². The van der Waals surface area contributed by atoms with Crippen molar-refractivity contribution in [3.05, 3.63) is 54.1 Å². The zero-order chi connectivity index (χ0) is 14.5. The summed E-state index contributed by atoms with van der Waals surface area (Å²) in [6, 6.07) is 15.9. The molecule has 0 heterocycles. The van der Waals surface area contributed by atoms with Crippen molar-refractivity contribution in [3.63, 3.8) is 0 Å². The average molecular weight is 270 g/mol. The third kappa shape index (κ3) is 3.38. The molecule has 0 amide bonds. The van der Waals surface area contributed by atoms with Gasteiger partial charge in [0.2, 0.25) is 0 Å². The Morgan fingerprint density at radius 3 is 2.45 bits per heavy atom. The van der Waals surface area contributed by atoms with E-state index in [0.29, 0.717) is 5.75 Å². The summed E-state index contributed by atoms with van der Waals surface area (Å²) in [5, 5.41) is 8.81. The molecule has 0 radical (unpaired) electrons. The Hall–Kier alpha value is -2.29. The molecule has 20 heavy (non-hydrogen) atoms. The van der Waals surface area contributed by atoms with Crippen LogP contribution < -0.4 is 4.74 Å². The van der Waals surface area contributed by atoms with Gasteiger partial charge < -0.3 is 9.84 Å². The van der Waals surface area contributed by atoms with Crippen molar-refractivity contribution in [2.75, 3.05) is 0 Å². The van der Waals surface area contributed by atoms with Gasteiger partial charge in [0.25, 0.3) is 0 Å². The Labute approximate surface area is 118 Å². The first kappa shape index (κ1) is 14.1. The van der Waals surface area contributed by atoms with E-state index >= 15 is 0 Å². The summed E-state index contributed by atoms with van der Waals surface area (Å²) < 4.78 is 5.31. The van der Waals surface area contributed by atoms with Crippen LogP contribution in [-0.4, -0.2) is 17.2 Å². The lowest BCUT2D eigenvalue weighted by Crippen LogP contribution is -2.22. The van der Waals surface area contributed by atoms with Crippen LogP contribution in [0.4, 0.5) is 0 Å². The van der Waals surface area contributed by atoms with Gasteiger partial charge in [-0.15, -0.1) is 0 Å². The van der Waals surface area contributed by atoms with E-state index in [9.17, 15) is 4.79 Å². The molecule has 2 rings (SSSR count). The largest absolute Gasteiger partial charge is 0.479 e. The molecule has 1 N–H and O–H groups in total. The van der Waals surface area contributed by atoms with Gasteiger partial charge >= 0.3 is 5.97 Å². The first-order valence-electron chi connectivity index (χ1n) is 6.69. The summed E-state index contributed by atoms with van der Waals surface area (Å²) in [6.45, 7) is 3.64. The molecule has 0 saturated heterocycles. The van der Waals surface area contributed by atoms with Crippen LogP contribution >= 0.6 is 0 Å². The van der Waals surface area contributed by atoms with Gasteiger partial charge in [-0.1, -0.05) is 43.3 Å². The molecule has 0 fully saturated rings. The van der Waals surface area contributed by atoms with Crippen LogP contribution in [0, 0.1) is 0 Å². The van der Waals surface area contributed by atoms with Crippen molar-refractivity contribution in [1.82, 2.24) is 0 Å². The second kappa shape index (κ2) is 6.24. The number of aliphatic carboxylic acids is 1. The maximum atomic E-state index is 10.7. The minimum Gasteiger partial charge on any atom is -0.479 e. The number of carboxylic acid groups (broad SMARTS) is 1. The molecule has 3 nitrogen and oxygen atoms in total. The predicted octanol–water partition coefficient (Wildman–Crippen LogP) is 3.77. The number of carbonyl (C=O) groups is 1. The zero-order valence-electron chi connectivity index (χ0n) is 11.7. The topological polar surface area (TPSA) is 46.5 Å². The van der Waals surface area contributed by atoms with Crippen molar-refractivity contribution >= 4 is 5.97 Å². The van der Waals surface area contributed by atoms with Crippen LogP contribution in [0.3, 0.4) is 0 Å². The number of carboxylic acids is 1. The average Bonchev–Trinajstić information content (AvgIpc) is 2.48. The highest BCUT2D eigenvalue weighted by atomic mass is 16.5. The molecule has 0 aromatic heterocycles. The van der Waals surface area contributed by atoms with E-state index in [4.69, 9.17) is 9.84 Å². The summed E-state index contributed by atoms with van der Waals surface area (Å²) in [5.74, 6) is -0.403. The van der Waals surface area contributed by atoms with Crippen LogP contribution in [0.2, 0.25) is 0 Å². The standard InChI is InChI=1S/C17H18O3/c1-3-13-5-4-6-15(11-13)14-7-9-16(10-8-14)20-12(2)17(18)19/h4-12H,3H2,1-2H3,(H,18,19)/t12-/m0/s1. The molecular formula is C17H18O3. The third-order valence-electron chi connectivity index (χ3n) is 3.18. The molecule has 0 aliphatic heterocycles. The second-order valence-corrected chi connectivity index (χ2v) is 4.68. The van der Waals surface area contributed by atoms with Crippen molar-refractivity contribution in [2.45, 2.75) is 26.4 Å². The highest BCUT2D eigenvalue weighted by Crippen LogP contribution is 2.24. The van der Waals surface area contributed by atoms with Crippen LogP contribution in [0.1, 0.15) is 19.4 Å². The Kier molecular flexibility index (Phi) is 4.41. The molecule has 0 aliphatic carbocycles. The minimum absolute atomic E-state index is 0.565. The molecule has 0 spiro atoms. The van der Waals surface area contributed by atoms with Gasteiger partial charge in [-0.3, -0.25) is 0 Å². The van der Waals surface area contributed by atoms with Crippen LogP contribution in [0.5, 0.6) is 5.75 Å². The van der Waals surface area contributed by atoms with E-state index < -0.39 is 12.1 Å². The maximum absolute atomic E-state index is 10.7. The first-order chi connectivity index (χ1) is 9.60. The Morgan fingerprint density at radius 1 is 1.15 bits per heavy atom. The van der Waals surface area contributed by atoms with E-state index in [1.165, 1.54) is 12.5 Å². The summed E-state index contributed by atoms with van der Waals surface area (Å²) in [4.78, 5) is 10.7. The van der Waals surface area contributed by atoms with Gasteiger partial charge in [-0.05, 0) is 42.2 Å². The highest BCUT2D eigenvalue weighted by molar-refractivity contribution is 5.72. The monoisotopic (exact) mass is 270 g/mol. The number of aryl methyl sites for hydroxylation is 1. The molecule has 104 valence electrons. The lowest BCUT2D eigenvalue weighted by atomic mass is 10.0. The van der Waals surface area contributed by atoms with Gasteiger partial charge in [-0.2, -0.15) is 0 Å². The quantitative estimate of drug-likeness (QED) is 0.899. The van der Waals surface area contributed by atoms with Crippen molar-refractivity contribution in [2.24, 2.45) is 0 Å². The number of hydrogen-bond donors (Lipinski definition) is 1. The number of benzene rings is 2. The number of hydrogen-bond acceptors (Lipinski definition) is 2. The van der Waals surface area contributed by atoms with E-state index in [0.717, 1.165) is 17.5 Å². The first-order valence-corrected chi connectivity index (χ1v) is 6.69. The zero-order valence-corrected chi connectivity index (χ0v) is 11.7. The van der Waals surface area contributed by atoms with E-state index in [1.54, 1.807) is 12.1 Å². The van der Waals surface area contributed by atoms with Crippen LogP contribution in [-0.2, 0) is 11.2 Å². The smallest absolute Gasteiger partial charge is 0.344 e. The fourth-order valence-electron chi connectivity index (χ4n) is 1.95. The third-order valence-corrected chi connectivity index (χ3v) is 3.18. The second-order valence-electron chi connectivity index (χ2n) is 4.68. The van der Waals surface area contributed by atoms with Crippen molar-refractivity contribution in [1.29, 1.82) is 0 Å². The van der Waals surface area contributed by atoms with Crippen LogP contribution in [0.25, 0.3) is 11.1 Å². The number of ether oxygens (including phenoxy) is 1. The molecule has 2 aromatic carbocycles. The summed E-state index contributed by atoms with van der Waals surface area (Å²) in [6.07, 6.45) is 0.162. The molecule has 0 bridgehead atoms. The Morgan fingerprint density at radius 2 is 1.85 bits per heavy atom. The number of rotatable bonds is 5. The molecular weight excluding hydrogens is 252 g/mol. The lowest BCUT2D eigenvalue weighted by molar-refractivity contribution is -0.144. The van der Waals surface area contributed by atoms with Crippen molar-refractivity contribution < 1.29 is 14.6 Å². The molecule has 3 heteroatoms. The fourth-order valence-corrected chi connectivity index (χ4v) is 1.95. The van der Waals surface area contributed by atoms with Crippen LogP contribution in [0.15, 0.2) is 48.5 Å². The normalized spacial score (nSPS) is 11.9. The van der Waals surface area contributed by atoms with Gasteiger partial charge in [0.15, 0.2) is 6.10 Å². The van der Waals surface area contributed by atoms with E-state index in [-0.39, 0.29) is 0 Å². The summed E-state index contributed by atoms with van der Waals surface area (Å²) in [7, 11) is 0. The molecule has 0 aliphatic rings. The fraction of sp³-hybridized carbons (Fsp3) is 0.235. The molecule has 1 atom stereocenters. The summed E-state index contributed by atoms with van der Waals surface area (Å²) in [5.41, 5.74) is 3.54.